The standard InChI is InChI=1S/C23H25FN6O/c1-29(2)18-7-5-6-16(14-18)19-9-10-20-22(27-19)30(13-4-3-12-25-20)23(31)28-21-11-8-17(24)15-26-21/h5-11,14-15,25H,3-4,12-13H2,1-2H3,(H,26,28,31). The number of hydrogen-bond acceptors (Lipinski definition) is 5. The Kier molecular flexibility index (Phi) is 5.97. The number of nitrogens with zero attached hydrogens (tertiary/aromatic N) is 4. The van der Waals surface area contributed by atoms with Crippen LogP contribution in [0.4, 0.5) is 32.2 Å². The van der Waals surface area contributed by atoms with Crippen LogP contribution in [0.15, 0.2) is 54.7 Å². The topological polar surface area (TPSA) is 73.4 Å². The molecule has 2 N–H and O–H groups in total. The van der Waals surface area contributed by atoms with Gasteiger partial charge in [0.1, 0.15) is 11.6 Å². The van der Waals surface area contributed by atoms with Crippen molar-refractivity contribution in [1.29, 1.82) is 0 Å². The molecule has 0 spiro atoms. The molecule has 4 rings (SSSR count). The van der Waals surface area contributed by atoms with Gasteiger partial charge in [-0.3, -0.25) is 10.2 Å². The number of amides is 2. The van der Waals surface area contributed by atoms with E-state index >= 15 is 0 Å². The third-order valence-corrected chi connectivity index (χ3v) is 5.12. The van der Waals surface area contributed by atoms with Crippen molar-refractivity contribution in [3.05, 3.63) is 60.5 Å². The summed E-state index contributed by atoms with van der Waals surface area (Å²) in [7, 11) is 3.99. The quantitative estimate of drug-likeness (QED) is 0.648. The average Bonchev–Trinajstić information content (AvgIpc) is 2.76. The van der Waals surface area contributed by atoms with Crippen LogP contribution in [0, 0.1) is 5.82 Å². The van der Waals surface area contributed by atoms with Gasteiger partial charge in [0.15, 0.2) is 5.82 Å². The van der Waals surface area contributed by atoms with Crippen LogP contribution in [0.25, 0.3) is 11.3 Å². The van der Waals surface area contributed by atoms with Crippen molar-refractivity contribution in [2.45, 2.75) is 12.8 Å². The number of halogens is 1. The largest absolute Gasteiger partial charge is 0.382 e. The van der Waals surface area contributed by atoms with Gasteiger partial charge in [0.2, 0.25) is 0 Å². The van der Waals surface area contributed by atoms with Crippen LogP contribution < -0.4 is 20.4 Å². The third kappa shape index (κ3) is 4.74. The van der Waals surface area contributed by atoms with E-state index in [4.69, 9.17) is 4.98 Å². The number of rotatable bonds is 3. The van der Waals surface area contributed by atoms with E-state index in [1.807, 2.05) is 49.3 Å². The summed E-state index contributed by atoms with van der Waals surface area (Å²) < 4.78 is 13.2. The molecule has 8 heteroatoms. The lowest BCUT2D eigenvalue weighted by Gasteiger charge is -2.27. The molecule has 1 aliphatic rings. The van der Waals surface area contributed by atoms with E-state index < -0.39 is 5.82 Å². The van der Waals surface area contributed by atoms with E-state index in [-0.39, 0.29) is 11.8 Å². The first-order valence-electron chi connectivity index (χ1n) is 10.2. The zero-order valence-electron chi connectivity index (χ0n) is 17.6. The first kappa shape index (κ1) is 20.6. The lowest BCUT2D eigenvalue weighted by atomic mass is 10.1. The Bertz CT molecular complexity index is 1070. The van der Waals surface area contributed by atoms with E-state index in [2.05, 4.69) is 21.7 Å². The van der Waals surface area contributed by atoms with Crippen LogP contribution in [0.2, 0.25) is 0 Å². The summed E-state index contributed by atoms with van der Waals surface area (Å²) in [6.07, 6.45) is 2.84. The number of pyridine rings is 2. The molecule has 0 radical (unpaired) electrons. The van der Waals surface area contributed by atoms with E-state index in [1.54, 1.807) is 4.90 Å². The van der Waals surface area contributed by atoms with E-state index in [1.165, 1.54) is 12.1 Å². The van der Waals surface area contributed by atoms with Gasteiger partial charge in [0.25, 0.3) is 0 Å². The number of anilines is 4. The highest BCUT2D eigenvalue weighted by Gasteiger charge is 2.23. The Hall–Kier alpha value is -3.68. The SMILES string of the molecule is CN(C)c1cccc(-c2ccc3c(n2)N(C(=O)Nc2ccc(F)cn2)CCCCN3)c1. The van der Waals surface area contributed by atoms with Crippen LogP contribution in [0.3, 0.4) is 0 Å². The molecule has 0 bridgehead atoms. The zero-order valence-corrected chi connectivity index (χ0v) is 17.6. The summed E-state index contributed by atoms with van der Waals surface area (Å²) >= 11 is 0. The van der Waals surface area contributed by atoms with Gasteiger partial charge in [-0.25, -0.2) is 19.2 Å². The summed E-state index contributed by atoms with van der Waals surface area (Å²) in [4.78, 5) is 25.5. The summed E-state index contributed by atoms with van der Waals surface area (Å²) in [5, 5.41) is 6.12. The molecule has 31 heavy (non-hydrogen) atoms. The maximum Gasteiger partial charge on any atom is 0.328 e. The summed E-state index contributed by atoms with van der Waals surface area (Å²) in [5.41, 5.74) is 3.62. The lowest BCUT2D eigenvalue weighted by Crippen LogP contribution is -2.38. The van der Waals surface area contributed by atoms with Gasteiger partial charge >= 0.3 is 6.03 Å². The van der Waals surface area contributed by atoms with Crippen LogP contribution >= 0.6 is 0 Å². The van der Waals surface area contributed by atoms with Crippen LogP contribution in [0.5, 0.6) is 0 Å². The van der Waals surface area contributed by atoms with Gasteiger partial charge < -0.3 is 10.2 Å². The minimum absolute atomic E-state index is 0.290. The molecule has 1 aliphatic heterocycles. The maximum atomic E-state index is 13.2. The number of aromatic nitrogens is 2. The van der Waals surface area contributed by atoms with Crippen LogP contribution in [-0.2, 0) is 0 Å². The van der Waals surface area contributed by atoms with E-state index in [0.29, 0.717) is 12.4 Å². The van der Waals surface area contributed by atoms with Gasteiger partial charge in [-0.05, 0) is 49.2 Å². The monoisotopic (exact) mass is 420 g/mol. The van der Waals surface area contributed by atoms with Gasteiger partial charge in [-0.15, -0.1) is 0 Å². The van der Waals surface area contributed by atoms with Crippen molar-refractivity contribution in [1.82, 2.24) is 9.97 Å². The van der Waals surface area contributed by atoms with E-state index in [9.17, 15) is 9.18 Å². The zero-order chi connectivity index (χ0) is 21.8. The predicted octanol–water partition coefficient (Wildman–Crippen LogP) is 4.59. The Morgan fingerprint density at radius 3 is 2.81 bits per heavy atom. The van der Waals surface area contributed by atoms with Gasteiger partial charge in [-0.2, -0.15) is 0 Å². The Morgan fingerprint density at radius 1 is 1.16 bits per heavy atom. The third-order valence-electron chi connectivity index (χ3n) is 5.12. The lowest BCUT2D eigenvalue weighted by molar-refractivity contribution is 0.256. The molecule has 7 nitrogen and oxygen atoms in total. The minimum Gasteiger partial charge on any atom is -0.382 e. The van der Waals surface area contributed by atoms with Crippen LogP contribution in [-0.4, -0.2) is 43.2 Å². The fourth-order valence-corrected chi connectivity index (χ4v) is 3.44. The van der Waals surface area contributed by atoms with Crippen molar-refractivity contribution >= 4 is 29.0 Å². The molecule has 0 fully saturated rings. The molecule has 1 aromatic carbocycles. The highest BCUT2D eigenvalue weighted by Crippen LogP contribution is 2.31. The average molecular weight is 420 g/mol. The molecule has 3 aromatic rings. The molecule has 0 aliphatic carbocycles. The van der Waals surface area contributed by atoms with Crippen molar-refractivity contribution in [3.8, 4) is 11.3 Å². The second-order valence-electron chi connectivity index (χ2n) is 7.59. The normalized spacial score (nSPS) is 13.5. The fourth-order valence-electron chi connectivity index (χ4n) is 3.44. The van der Waals surface area contributed by atoms with Gasteiger partial charge in [-0.1, -0.05) is 12.1 Å². The minimum atomic E-state index is -0.454. The number of carbonyl (C=O) groups excluding carboxylic acids is 1. The second kappa shape index (κ2) is 8.99. The molecule has 0 atom stereocenters. The maximum absolute atomic E-state index is 13.2. The summed E-state index contributed by atoms with van der Waals surface area (Å²) in [6, 6.07) is 14.4. The van der Waals surface area contributed by atoms with Crippen LogP contribution in [0.1, 0.15) is 12.8 Å². The van der Waals surface area contributed by atoms with Crippen molar-refractivity contribution in [2.75, 3.05) is 47.6 Å². The first-order chi connectivity index (χ1) is 15.0. The number of urea groups is 1. The first-order valence-corrected chi connectivity index (χ1v) is 10.2. The summed E-state index contributed by atoms with van der Waals surface area (Å²) in [6.45, 7) is 1.34. The smallest absolute Gasteiger partial charge is 0.328 e. The molecule has 0 saturated carbocycles. The molecular formula is C23H25FN6O. The number of fused-ring (bicyclic) bond motifs is 1. The Labute approximate surface area is 180 Å². The molecule has 0 saturated heterocycles. The Balaban J connectivity index is 1.68. The van der Waals surface area contributed by atoms with E-state index in [0.717, 1.165) is 48.2 Å². The Morgan fingerprint density at radius 2 is 2.03 bits per heavy atom. The number of hydrogen-bond donors (Lipinski definition) is 2. The van der Waals surface area contributed by atoms with Gasteiger partial charge in [0.05, 0.1) is 17.6 Å². The molecule has 160 valence electrons. The predicted molar refractivity (Wildman–Crippen MR) is 122 cm³/mol. The molecule has 2 amide bonds. The fraction of sp³-hybridized carbons (Fsp3) is 0.261. The molecule has 3 heterocycles. The highest BCUT2D eigenvalue weighted by molar-refractivity contribution is 6.02. The number of benzene rings is 1. The number of nitrogens with one attached hydrogen (secondary N) is 2. The molecule has 2 aromatic heterocycles. The summed E-state index contributed by atoms with van der Waals surface area (Å²) in [5.74, 6) is 0.398. The van der Waals surface area contributed by atoms with Crippen molar-refractivity contribution < 1.29 is 9.18 Å². The second-order valence-corrected chi connectivity index (χ2v) is 7.59. The number of carbonyl (C=O) groups is 1. The van der Waals surface area contributed by atoms with Crippen molar-refractivity contribution in [3.63, 3.8) is 0 Å². The molecule has 0 unspecified atom stereocenters. The highest BCUT2D eigenvalue weighted by atomic mass is 19.1. The van der Waals surface area contributed by atoms with Gasteiger partial charge in [0, 0.05) is 38.4 Å². The molecular weight excluding hydrogens is 395 g/mol. The van der Waals surface area contributed by atoms with Crippen molar-refractivity contribution in [2.24, 2.45) is 0 Å².